The van der Waals surface area contributed by atoms with Crippen molar-refractivity contribution in [2.75, 3.05) is 0 Å². The van der Waals surface area contributed by atoms with E-state index in [1.54, 1.807) is 10.7 Å². The first-order chi connectivity index (χ1) is 9.65. The smallest absolute Gasteiger partial charge is 0.269 e. The Morgan fingerprint density at radius 2 is 2.05 bits per heavy atom. The maximum atomic E-state index is 12.2. The van der Waals surface area contributed by atoms with E-state index in [0.717, 1.165) is 16.8 Å². The Morgan fingerprint density at radius 3 is 2.70 bits per heavy atom. The fourth-order valence-corrected chi connectivity index (χ4v) is 2.12. The van der Waals surface area contributed by atoms with Gasteiger partial charge in [0.15, 0.2) is 0 Å². The van der Waals surface area contributed by atoms with Crippen molar-refractivity contribution in [2.24, 2.45) is 0 Å². The number of aromatic nitrogens is 2. The van der Waals surface area contributed by atoms with Gasteiger partial charge in [0.1, 0.15) is 5.69 Å². The summed E-state index contributed by atoms with van der Waals surface area (Å²) < 4.78 is 1.68. The molecule has 0 saturated heterocycles. The Hall–Kier alpha value is -2.14. The summed E-state index contributed by atoms with van der Waals surface area (Å²) in [6, 6.07) is 9.28. The van der Waals surface area contributed by atoms with Gasteiger partial charge in [0.05, 0.1) is 12.3 Å². The molecule has 2 rings (SSSR count). The fraction of sp³-hybridized carbons (Fsp3) is 0.333. The summed E-state index contributed by atoms with van der Waals surface area (Å²) in [6.45, 7) is 4.83. The molecule has 0 atom stereocenters. The molecule has 2 N–H and O–H groups in total. The van der Waals surface area contributed by atoms with Gasteiger partial charge in [-0.15, -0.1) is 0 Å². The lowest BCUT2D eigenvalue weighted by atomic mass is 10.1. The van der Waals surface area contributed by atoms with Crippen LogP contribution in [-0.4, -0.2) is 20.8 Å². The normalized spacial score (nSPS) is 10.6. The van der Waals surface area contributed by atoms with E-state index in [1.807, 2.05) is 38.1 Å². The molecule has 1 amide bonds. The fourth-order valence-electron chi connectivity index (χ4n) is 2.12. The number of carbonyl (C=O) groups excluding carboxylic acids is 1. The zero-order chi connectivity index (χ0) is 14.5. The lowest BCUT2D eigenvalue weighted by Gasteiger charge is -2.09. The van der Waals surface area contributed by atoms with Gasteiger partial charge in [-0.05, 0) is 31.0 Å². The van der Waals surface area contributed by atoms with Crippen LogP contribution in [0.1, 0.15) is 34.2 Å². The summed E-state index contributed by atoms with van der Waals surface area (Å²) in [5.74, 6) is -0.153. The lowest BCUT2D eigenvalue weighted by Crippen LogP contribution is -2.26. The van der Waals surface area contributed by atoms with Crippen molar-refractivity contribution in [3.05, 3.63) is 52.8 Å². The maximum Gasteiger partial charge on any atom is 0.269 e. The van der Waals surface area contributed by atoms with Crippen LogP contribution in [0.3, 0.4) is 0 Å². The first kappa shape index (κ1) is 14.3. The predicted octanol–water partition coefficient (Wildman–Crippen LogP) is 1.63. The van der Waals surface area contributed by atoms with Crippen molar-refractivity contribution in [3.63, 3.8) is 0 Å². The van der Waals surface area contributed by atoms with Crippen LogP contribution >= 0.6 is 0 Å². The molecule has 20 heavy (non-hydrogen) atoms. The highest BCUT2D eigenvalue weighted by Crippen LogP contribution is 2.09. The Balaban J connectivity index is 2.08. The average molecular weight is 273 g/mol. The minimum Gasteiger partial charge on any atom is -0.392 e. The number of hydrogen-bond acceptors (Lipinski definition) is 3. The highest BCUT2D eigenvalue weighted by atomic mass is 16.3. The Morgan fingerprint density at radius 1 is 1.35 bits per heavy atom. The van der Waals surface area contributed by atoms with Crippen LogP contribution in [0.4, 0.5) is 0 Å². The molecule has 0 bridgehead atoms. The summed E-state index contributed by atoms with van der Waals surface area (Å²) in [5.41, 5.74) is 3.13. The molecule has 106 valence electrons. The van der Waals surface area contributed by atoms with Crippen molar-refractivity contribution in [2.45, 2.75) is 33.5 Å². The van der Waals surface area contributed by atoms with Gasteiger partial charge in [-0.3, -0.25) is 9.48 Å². The van der Waals surface area contributed by atoms with E-state index in [1.165, 1.54) is 0 Å². The molecule has 0 spiro atoms. The van der Waals surface area contributed by atoms with Crippen molar-refractivity contribution >= 4 is 5.91 Å². The number of aliphatic hydroxyl groups excluding tert-OH is 1. The van der Waals surface area contributed by atoms with Crippen molar-refractivity contribution in [1.29, 1.82) is 0 Å². The molecule has 5 nitrogen and oxygen atoms in total. The van der Waals surface area contributed by atoms with Crippen LogP contribution in [0.2, 0.25) is 0 Å². The van der Waals surface area contributed by atoms with Crippen LogP contribution in [0.5, 0.6) is 0 Å². The summed E-state index contributed by atoms with van der Waals surface area (Å²) in [5, 5.41) is 16.4. The van der Waals surface area contributed by atoms with Gasteiger partial charge in [-0.2, -0.15) is 5.10 Å². The summed E-state index contributed by atoms with van der Waals surface area (Å²) >= 11 is 0. The monoisotopic (exact) mass is 273 g/mol. The average Bonchev–Trinajstić information content (AvgIpc) is 2.86. The van der Waals surface area contributed by atoms with Gasteiger partial charge in [-0.25, -0.2) is 0 Å². The third-order valence-electron chi connectivity index (χ3n) is 3.16. The van der Waals surface area contributed by atoms with Crippen LogP contribution in [0.15, 0.2) is 30.3 Å². The standard InChI is InChI=1S/C15H19N3O2/c1-3-18-14(8-11(2)17-18)15(20)16-9-12-6-4-5-7-13(12)10-19/h4-8,19H,3,9-10H2,1-2H3,(H,16,20). The lowest BCUT2D eigenvalue weighted by molar-refractivity contribution is 0.0940. The molecule has 0 unspecified atom stereocenters. The number of carbonyl (C=O) groups is 1. The minimum atomic E-state index is -0.153. The van der Waals surface area contributed by atoms with Crippen LogP contribution < -0.4 is 5.32 Å². The highest BCUT2D eigenvalue weighted by molar-refractivity contribution is 5.92. The van der Waals surface area contributed by atoms with Crippen molar-refractivity contribution in [3.8, 4) is 0 Å². The largest absolute Gasteiger partial charge is 0.392 e. The number of hydrogen-bond donors (Lipinski definition) is 2. The summed E-state index contributed by atoms with van der Waals surface area (Å²) in [6.07, 6.45) is 0. The molecule has 1 aromatic heterocycles. The molecule has 0 saturated carbocycles. The molecule has 0 aliphatic heterocycles. The number of benzene rings is 1. The predicted molar refractivity (Wildman–Crippen MR) is 76.2 cm³/mol. The molecule has 2 aromatic rings. The Kier molecular flexibility index (Phi) is 4.53. The van der Waals surface area contributed by atoms with Crippen LogP contribution in [-0.2, 0) is 19.7 Å². The van der Waals surface area contributed by atoms with E-state index in [2.05, 4.69) is 10.4 Å². The van der Waals surface area contributed by atoms with Gasteiger partial charge in [0, 0.05) is 13.1 Å². The molecule has 1 aromatic carbocycles. The number of rotatable bonds is 5. The quantitative estimate of drug-likeness (QED) is 0.870. The molecule has 0 fully saturated rings. The van der Waals surface area contributed by atoms with Gasteiger partial charge in [0.25, 0.3) is 5.91 Å². The van der Waals surface area contributed by atoms with E-state index in [9.17, 15) is 9.90 Å². The second kappa shape index (κ2) is 6.34. The Bertz CT molecular complexity index is 605. The van der Waals surface area contributed by atoms with Gasteiger partial charge >= 0.3 is 0 Å². The number of amides is 1. The molecule has 0 radical (unpaired) electrons. The topological polar surface area (TPSA) is 67.2 Å². The molecule has 1 heterocycles. The van der Waals surface area contributed by atoms with Gasteiger partial charge in [0.2, 0.25) is 0 Å². The van der Waals surface area contributed by atoms with E-state index in [0.29, 0.717) is 18.8 Å². The van der Waals surface area contributed by atoms with Crippen molar-refractivity contribution < 1.29 is 9.90 Å². The second-order valence-corrected chi connectivity index (χ2v) is 4.60. The number of aliphatic hydroxyl groups is 1. The minimum absolute atomic E-state index is 0.0297. The van der Waals surface area contributed by atoms with E-state index in [-0.39, 0.29) is 12.5 Å². The SMILES string of the molecule is CCn1nc(C)cc1C(=O)NCc1ccccc1CO. The second-order valence-electron chi connectivity index (χ2n) is 4.60. The molecule has 0 aliphatic carbocycles. The molecule has 0 aliphatic rings. The number of aryl methyl sites for hydroxylation is 2. The molecular weight excluding hydrogens is 254 g/mol. The molecule has 5 heteroatoms. The maximum absolute atomic E-state index is 12.2. The summed E-state index contributed by atoms with van der Waals surface area (Å²) in [7, 11) is 0. The third-order valence-corrected chi connectivity index (χ3v) is 3.16. The van der Waals surface area contributed by atoms with Crippen LogP contribution in [0, 0.1) is 6.92 Å². The third kappa shape index (κ3) is 3.05. The first-order valence-electron chi connectivity index (χ1n) is 6.66. The first-order valence-corrected chi connectivity index (χ1v) is 6.66. The highest BCUT2D eigenvalue weighted by Gasteiger charge is 2.13. The number of nitrogens with zero attached hydrogens (tertiary/aromatic N) is 2. The zero-order valence-corrected chi connectivity index (χ0v) is 11.8. The number of nitrogens with one attached hydrogen (secondary N) is 1. The zero-order valence-electron chi connectivity index (χ0n) is 11.8. The molecular formula is C15H19N3O2. The van der Waals surface area contributed by atoms with E-state index in [4.69, 9.17) is 0 Å². The van der Waals surface area contributed by atoms with E-state index < -0.39 is 0 Å². The van der Waals surface area contributed by atoms with Crippen LogP contribution in [0.25, 0.3) is 0 Å². The van der Waals surface area contributed by atoms with Crippen molar-refractivity contribution in [1.82, 2.24) is 15.1 Å². The van der Waals surface area contributed by atoms with Gasteiger partial charge < -0.3 is 10.4 Å². The Labute approximate surface area is 118 Å². The van der Waals surface area contributed by atoms with Gasteiger partial charge in [-0.1, -0.05) is 24.3 Å². The summed E-state index contributed by atoms with van der Waals surface area (Å²) in [4.78, 5) is 12.2. The van der Waals surface area contributed by atoms with E-state index >= 15 is 0 Å².